The molecule has 0 unspecified atom stereocenters. The number of carbonyl (C=O) groups excluding carboxylic acids is 1. The van der Waals surface area contributed by atoms with Gasteiger partial charge in [0.2, 0.25) is 0 Å². The number of aliphatic hydroxyl groups is 1. The van der Waals surface area contributed by atoms with E-state index in [1.165, 1.54) is 44.6 Å². The first kappa shape index (κ1) is 25.2. The second-order valence-electron chi connectivity index (χ2n) is 9.18. The van der Waals surface area contributed by atoms with E-state index in [2.05, 4.69) is 30.6 Å². The van der Waals surface area contributed by atoms with Crippen LogP contribution in [0, 0.1) is 0 Å². The molecule has 4 aromatic rings. The molecule has 0 bridgehead atoms. The standard InChI is InChI=1S/C21H18Cl2F3N9O2/c1-19(2,37)13-8-29-35(31-13)17-11(22)4-10(6-28-17)30-18(36)33-9-20(3,21(24,25)26)16-12(33)7-27-15-5-14(23)32-34(15)16/h4-8,37H,9H2,1-3H3,(H,30,36)/t20-/m1/s1. The molecule has 1 aliphatic heterocycles. The SMILES string of the molecule is CC(C)(O)c1cnn(-c2ncc(NC(=O)N3C[C@@](C)(C(F)(F)F)c4c3cnc3cc(Cl)nn43)cc2Cl)n1. The zero-order valence-electron chi connectivity index (χ0n) is 19.4. The fourth-order valence-corrected chi connectivity index (χ4v) is 4.39. The fourth-order valence-electron chi connectivity index (χ4n) is 3.97. The number of rotatable bonds is 3. The molecule has 2 N–H and O–H groups in total. The molecule has 0 aliphatic carbocycles. The monoisotopic (exact) mass is 555 g/mol. The normalized spacial score (nSPS) is 17.9. The molecule has 1 atom stereocenters. The summed E-state index contributed by atoms with van der Waals surface area (Å²) < 4.78 is 43.7. The van der Waals surface area contributed by atoms with E-state index in [0.29, 0.717) is 0 Å². The summed E-state index contributed by atoms with van der Waals surface area (Å²) in [5.41, 5.74) is -3.49. The van der Waals surface area contributed by atoms with Crippen LogP contribution in [0.4, 0.5) is 29.3 Å². The molecule has 5 heterocycles. The van der Waals surface area contributed by atoms with Gasteiger partial charge in [-0.1, -0.05) is 23.2 Å². The highest BCUT2D eigenvalue weighted by Gasteiger charge is 2.60. The molecule has 0 aromatic carbocycles. The van der Waals surface area contributed by atoms with Gasteiger partial charge in [0.1, 0.15) is 16.7 Å². The molecule has 0 fully saturated rings. The molecule has 16 heteroatoms. The van der Waals surface area contributed by atoms with E-state index < -0.39 is 29.8 Å². The number of carbonyl (C=O) groups is 1. The van der Waals surface area contributed by atoms with Crippen LogP contribution in [-0.2, 0) is 11.0 Å². The van der Waals surface area contributed by atoms with Crippen LogP contribution in [-0.4, -0.2) is 58.4 Å². The van der Waals surface area contributed by atoms with Crippen molar-refractivity contribution in [3.05, 3.63) is 52.3 Å². The maximum atomic E-state index is 14.2. The van der Waals surface area contributed by atoms with Gasteiger partial charge in [0, 0.05) is 12.6 Å². The van der Waals surface area contributed by atoms with Crippen LogP contribution in [0.25, 0.3) is 11.5 Å². The summed E-state index contributed by atoms with van der Waals surface area (Å²) in [4.78, 5) is 23.4. The zero-order valence-corrected chi connectivity index (χ0v) is 20.9. The quantitative estimate of drug-likeness (QED) is 0.389. The van der Waals surface area contributed by atoms with Gasteiger partial charge in [-0.3, -0.25) is 4.90 Å². The number of hydrogen-bond donors (Lipinski definition) is 2. The number of aromatic nitrogens is 7. The van der Waals surface area contributed by atoms with Crippen molar-refractivity contribution in [3.8, 4) is 5.82 Å². The maximum Gasteiger partial charge on any atom is 0.401 e. The Morgan fingerprint density at radius 3 is 2.49 bits per heavy atom. The number of nitrogens with zero attached hydrogens (tertiary/aromatic N) is 8. The molecule has 1 aliphatic rings. The molecule has 5 rings (SSSR count). The Morgan fingerprint density at radius 1 is 1.14 bits per heavy atom. The molecule has 0 saturated carbocycles. The van der Waals surface area contributed by atoms with E-state index in [-0.39, 0.29) is 44.4 Å². The van der Waals surface area contributed by atoms with Gasteiger partial charge in [-0.2, -0.15) is 23.4 Å². The minimum Gasteiger partial charge on any atom is -0.384 e. The first-order valence-electron chi connectivity index (χ1n) is 10.7. The van der Waals surface area contributed by atoms with E-state index in [1.54, 1.807) is 0 Å². The number of pyridine rings is 1. The van der Waals surface area contributed by atoms with Crippen LogP contribution in [0.15, 0.2) is 30.7 Å². The van der Waals surface area contributed by atoms with Crippen LogP contribution in [0.5, 0.6) is 0 Å². The van der Waals surface area contributed by atoms with Crippen LogP contribution in [0.2, 0.25) is 10.2 Å². The average molecular weight is 556 g/mol. The van der Waals surface area contributed by atoms with E-state index in [9.17, 15) is 23.1 Å². The zero-order chi connectivity index (χ0) is 26.9. The lowest BCUT2D eigenvalue weighted by atomic mass is 9.88. The third-order valence-electron chi connectivity index (χ3n) is 5.97. The van der Waals surface area contributed by atoms with Crippen molar-refractivity contribution in [2.24, 2.45) is 0 Å². The van der Waals surface area contributed by atoms with Gasteiger partial charge in [-0.15, -0.1) is 9.90 Å². The van der Waals surface area contributed by atoms with Crippen LogP contribution in [0.1, 0.15) is 32.2 Å². The molecule has 37 heavy (non-hydrogen) atoms. The summed E-state index contributed by atoms with van der Waals surface area (Å²) in [5.74, 6) is 0.119. The molecule has 194 valence electrons. The number of hydrogen-bond acceptors (Lipinski definition) is 7. The Kier molecular flexibility index (Phi) is 5.62. The number of anilines is 2. The number of fused-ring (bicyclic) bond motifs is 3. The Labute approximate surface area is 216 Å². The smallest absolute Gasteiger partial charge is 0.384 e. The molecular formula is C21H18Cl2F3N9O2. The molecule has 2 amide bonds. The molecule has 0 spiro atoms. The van der Waals surface area contributed by atoms with Crippen molar-refractivity contribution in [1.82, 2.24) is 34.6 Å². The third kappa shape index (κ3) is 4.14. The van der Waals surface area contributed by atoms with Crippen molar-refractivity contribution >= 4 is 46.3 Å². The Bertz CT molecular complexity index is 1550. The first-order valence-corrected chi connectivity index (χ1v) is 11.5. The number of alkyl halides is 3. The number of halogens is 5. The molecule has 11 nitrogen and oxygen atoms in total. The van der Waals surface area contributed by atoms with Crippen LogP contribution < -0.4 is 10.2 Å². The van der Waals surface area contributed by atoms with Crippen molar-refractivity contribution in [1.29, 1.82) is 0 Å². The molecular weight excluding hydrogens is 538 g/mol. The minimum absolute atomic E-state index is 0.0320. The van der Waals surface area contributed by atoms with Gasteiger partial charge < -0.3 is 10.4 Å². The van der Waals surface area contributed by atoms with Gasteiger partial charge in [0.05, 0.1) is 40.7 Å². The van der Waals surface area contributed by atoms with Gasteiger partial charge in [0.15, 0.2) is 16.6 Å². The van der Waals surface area contributed by atoms with Crippen molar-refractivity contribution in [2.45, 2.75) is 38.0 Å². The topological polar surface area (TPSA) is 126 Å². The maximum absolute atomic E-state index is 14.2. The van der Waals surface area contributed by atoms with Gasteiger partial charge >= 0.3 is 12.2 Å². The van der Waals surface area contributed by atoms with Gasteiger partial charge in [0.25, 0.3) is 0 Å². The highest BCUT2D eigenvalue weighted by Crippen LogP contribution is 2.50. The Hall–Kier alpha value is -3.49. The summed E-state index contributed by atoms with van der Waals surface area (Å²) >= 11 is 12.2. The Balaban J connectivity index is 1.46. The summed E-state index contributed by atoms with van der Waals surface area (Å²) in [5, 5.41) is 24.7. The van der Waals surface area contributed by atoms with Gasteiger partial charge in [-0.25, -0.2) is 19.3 Å². The van der Waals surface area contributed by atoms with E-state index in [1.807, 2.05) is 0 Å². The lowest BCUT2D eigenvalue weighted by Crippen LogP contribution is -2.46. The van der Waals surface area contributed by atoms with Gasteiger partial charge in [-0.05, 0) is 26.8 Å². The lowest BCUT2D eigenvalue weighted by molar-refractivity contribution is -0.181. The number of urea groups is 1. The number of amides is 2. The summed E-state index contributed by atoms with van der Waals surface area (Å²) in [6.07, 6.45) is -0.930. The third-order valence-corrected chi connectivity index (χ3v) is 6.44. The lowest BCUT2D eigenvalue weighted by Gasteiger charge is -2.28. The first-order chi connectivity index (χ1) is 17.2. The summed E-state index contributed by atoms with van der Waals surface area (Å²) in [7, 11) is 0. The fraction of sp³-hybridized carbons (Fsp3) is 0.333. The molecule has 4 aromatic heterocycles. The predicted octanol–water partition coefficient (Wildman–Crippen LogP) is 4.11. The van der Waals surface area contributed by atoms with Crippen LogP contribution >= 0.6 is 23.2 Å². The van der Waals surface area contributed by atoms with Crippen LogP contribution in [0.3, 0.4) is 0 Å². The molecule has 0 saturated heterocycles. The largest absolute Gasteiger partial charge is 0.401 e. The van der Waals surface area contributed by atoms with Crippen molar-refractivity contribution in [3.63, 3.8) is 0 Å². The molecule has 0 radical (unpaired) electrons. The summed E-state index contributed by atoms with van der Waals surface area (Å²) in [6, 6.07) is 1.82. The van der Waals surface area contributed by atoms with Crippen molar-refractivity contribution in [2.75, 3.05) is 16.8 Å². The highest BCUT2D eigenvalue weighted by atomic mass is 35.5. The van der Waals surface area contributed by atoms with E-state index in [0.717, 1.165) is 21.1 Å². The predicted molar refractivity (Wildman–Crippen MR) is 127 cm³/mol. The minimum atomic E-state index is -4.71. The number of nitrogens with one attached hydrogen (secondary N) is 1. The van der Waals surface area contributed by atoms with Crippen molar-refractivity contribution < 1.29 is 23.1 Å². The Morgan fingerprint density at radius 2 is 1.86 bits per heavy atom. The average Bonchev–Trinajstić information content (AvgIpc) is 3.48. The second-order valence-corrected chi connectivity index (χ2v) is 9.98. The second kappa shape index (κ2) is 8.26. The van der Waals surface area contributed by atoms with E-state index >= 15 is 0 Å². The van der Waals surface area contributed by atoms with E-state index in [4.69, 9.17) is 23.2 Å². The highest BCUT2D eigenvalue weighted by molar-refractivity contribution is 6.32. The summed E-state index contributed by atoms with van der Waals surface area (Å²) in [6.45, 7) is 3.35.